The van der Waals surface area contributed by atoms with E-state index in [4.69, 9.17) is 4.74 Å². The first-order valence-electron chi connectivity index (χ1n) is 7.78. The lowest BCUT2D eigenvalue weighted by Gasteiger charge is -2.35. The Kier molecular flexibility index (Phi) is 5.47. The van der Waals surface area contributed by atoms with Gasteiger partial charge >= 0.3 is 0 Å². The van der Waals surface area contributed by atoms with Crippen molar-refractivity contribution in [2.45, 2.75) is 44.7 Å². The molecule has 1 heterocycles. The van der Waals surface area contributed by atoms with Gasteiger partial charge in [-0.2, -0.15) is 4.31 Å². The summed E-state index contributed by atoms with van der Waals surface area (Å²) in [4.78, 5) is 0.325. The first-order valence-corrected chi connectivity index (χ1v) is 9.22. The average molecular weight is 326 g/mol. The zero-order valence-electron chi connectivity index (χ0n) is 13.7. The third kappa shape index (κ3) is 4.21. The summed E-state index contributed by atoms with van der Waals surface area (Å²) in [7, 11) is -3.44. The number of benzene rings is 1. The topological polar surface area (TPSA) is 58.6 Å². The molecule has 1 fully saturated rings. The van der Waals surface area contributed by atoms with Gasteiger partial charge in [-0.05, 0) is 44.0 Å². The van der Waals surface area contributed by atoms with Gasteiger partial charge in [-0.1, -0.05) is 13.8 Å². The summed E-state index contributed by atoms with van der Waals surface area (Å²) in [6, 6.07) is 7.03. The number of piperazine rings is 1. The summed E-state index contributed by atoms with van der Waals surface area (Å²) in [5.41, 5.74) is 0. The number of ether oxygens (including phenoxy) is 1. The van der Waals surface area contributed by atoms with Gasteiger partial charge in [0.25, 0.3) is 0 Å². The Balaban J connectivity index is 2.12. The van der Waals surface area contributed by atoms with Gasteiger partial charge in [0, 0.05) is 25.2 Å². The predicted molar refractivity (Wildman–Crippen MR) is 87.6 cm³/mol. The zero-order valence-corrected chi connectivity index (χ0v) is 14.6. The second kappa shape index (κ2) is 6.98. The largest absolute Gasteiger partial charge is 0.493 e. The first kappa shape index (κ1) is 17.2. The highest BCUT2D eigenvalue weighted by Gasteiger charge is 2.31. The molecule has 1 N–H and O–H groups in total. The molecule has 2 unspecified atom stereocenters. The van der Waals surface area contributed by atoms with Crippen LogP contribution in [-0.4, -0.2) is 44.5 Å². The van der Waals surface area contributed by atoms with Crippen LogP contribution in [-0.2, 0) is 10.0 Å². The van der Waals surface area contributed by atoms with Crippen molar-refractivity contribution < 1.29 is 13.2 Å². The molecule has 2 atom stereocenters. The lowest BCUT2D eigenvalue weighted by Crippen LogP contribution is -2.55. The van der Waals surface area contributed by atoms with Crippen LogP contribution >= 0.6 is 0 Å². The minimum atomic E-state index is -3.44. The van der Waals surface area contributed by atoms with Gasteiger partial charge in [-0.15, -0.1) is 0 Å². The van der Waals surface area contributed by atoms with Crippen molar-refractivity contribution in [3.8, 4) is 5.75 Å². The Morgan fingerprint density at radius 2 is 1.73 bits per heavy atom. The van der Waals surface area contributed by atoms with Crippen molar-refractivity contribution in [1.82, 2.24) is 9.62 Å². The second-order valence-corrected chi connectivity index (χ2v) is 8.40. The highest BCUT2D eigenvalue weighted by atomic mass is 32.2. The average Bonchev–Trinajstić information content (AvgIpc) is 2.44. The van der Waals surface area contributed by atoms with E-state index in [1.54, 1.807) is 28.6 Å². The van der Waals surface area contributed by atoms with Gasteiger partial charge in [0.15, 0.2) is 0 Å². The zero-order chi connectivity index (χ0) is 16.3. The fourth-order valence-electron chi connectivity index (χ4n) is 2.59. The molecule has 1 aromatic carbocycles. The van der Waals surface area contributed by atoms with Crippen LogP contribution < -0.4 is 10.1 Å². The quantitative estimate of drug-likeness (QED) is 0.900. The maximum atomic E-state index is 12.7. The number of nitrogens with zero attached hydrogens (tertiary/aromatic N) is 1. The van der Waals surface area contributed by atoms with Crippen LogP contribution in [0.2, 0.25) is 0 Å². The van der Waals surface area contributed by atoms with Gasteiger partial charge in [-0.3, -0.25) is 0 Å². The molecule has 22 heavy (non-hydrogen) atoms. The molecule has 5 nitrogen and oxygen atoms in total. The highest BCUT2D eigenvalue weighted by Crippen LogP contribution is 2.21. The normalized spacial score (nSPS) is 23.7. The molecule has 6 heteroatoms. The summed E-state index contributed by atoms with van der Waals surface area (Å²) in [5.74, 6) is 1.14. The molecular formula is C16H26N2O3S. The number of hydrogen-bond donors (Lipinski definition) is 1. The number of rotatable bonds is 5. The molecule has 1 aliphatic heterocycles. The van der Waals surface area contributed by atoms with Crippen LogP contribution in [0.4, 0.5) is 0 Å². The standard InChI is InChI=1S/C16H26N2O3S/c1-12(2)11-21-15-5-7-16(8-6-15)22(19,20)18-9-13(3)17-14(4)10-18/h5-8,12-14,17H,9-11H2,1-4H3. The Morgan fingerprint density at radius 1 is 1.18 bits per heavy atom. The van der Waals surface area contributed by atoms with E-state index in [1.807, 2.05) is 13.8 Å². The van der Waals surface area contributed by atoms with E-state index in [2.05, 4.69) is 19.2 Å². The van der Waals surface area contributed by atoms with E-state index in [9.17, 15) is 8.42 Å². The predicted octanol–water partition coefficient (Wildman–Crippen LogP) is 2.09. The van der Waals surface area contributed by atoms with Crippen molar-refractivity contribution in [2.24, 2.45) is 5.92 Å². The van der Waals surface area contributed by atoms with Crippen LogP contribution in [0.5, 0.6) is 5.75 Å². The fourth-order valence-corrected chi connectivity index (χ4v) is 4.21. The molecule has 0 spiro atoms. The number of sulfonamides is 1. The van der Waals surface area contributed by atoms with Crippen molar-refractivity contribution >= 4 is 10.0 Å². The molecule has 1 aliphatic rings. The Bertz CT molecular complexity index is 574. The molecule has 0 aromatic heterocycles. The molecule has 124 valence electrons. The van der Waals surface area contributed by atoms with Crippen LogP contribution in [0.1, 0.15) is 27.7 Å². The van der Waals surface area contributed by atoms with E-state index >= 15 is 0 Å². The molecule has 2 rings (SSSR count). The Hall–Kier alpha value is -1.11. The van der Waals surface area contributed by atoms with Crippen molar-refractivity contribution in [2.75, 3.05) is 19.7 Å². The van der Waals surface area contributed by atoms with Crippen molar-refractivity contribution in [3.63, 3.8) is 0 Å². The van der Waals surface area contributed by atoms with Crippen LogP contribution in [0.25, 0.3) is 0 Å². The minimum Gasteiger partial charge on any atom is -0.493 e. The van der Waals surface area contributed by atoms with E-state index < -0.39 is 10.0 Å². The van der Waals surface area contributed by atoms with Gasteiger partial charge in [-0.25, -0.2) is 8.42 Å². The van der Waals surface area contributed by atoms with E-state index in [1.165, 1.54) is 0 Å². The number of nitrogens with one attached hydrogen (secondary N) is 1. The summed E-state index contributed by atoms with van der Waals surface area (Å²) >= 11 is 0. The van der Waals surface area contributed by atoms with Crippen LogP contribution in [0, 0.1) is 5.92 Å². The van der Waals surface area contributed by atoms with E-state index in [0.29, 0.717) is 36.3 Å². The molecule has 0 radical (unpaired) electrons. The third-order valence-corrected chi connectivity index (χ3v) is 5.41. The first-order chi connectivity index (χ1) is 10.3. The third-order valence-electron chi connectivity index (χ3n) is 3.57. The minimum absolute atomic E-state index is 0.159. The van der Waals surface area contributed by atoms with Crippen molar-refractivity contribution in [1.29, 1.82) is 0 Å². The molecular weight excluding hydrogens is 300 g/mol. The summed E-state index contributed by atoms with van der Waals surface area (Å²) in [5, 5.41) is 3.34. The van der Waals surface area contributed by atoms with Crippen molar-refractivity contribution in [3.05, 3.63) is 24.3 Å². The highest BCUT2D eigenvalue weighted by molar-refractivity contribution is 7.89. The Labute approximate surface area is 133 Å². The van der Waals surface area contributed by atoms with Gasteiger partial charge in [0.2, 0.25) is 10.0 Å². The SMILES string of the molecule is CC(C)COc1ccc(S(=O)(=O)N2CC(C)NC(C)C2)cc1. The van der Waals surface area contributed by atoms with Crippen LogP contribution in [0.15, 0.2) is 29.2 Å². The van der Waals surface area contributed by atoms with Crippen LogP contribution in [0.3, 0.4) is 0 Å². The monoisotopic (exact) mass is 326 g/mol. The summed E-state index contributed by atoms with van der Waals surface area (Å²) in [6.07, 6.45) is 0. The molecule has 0 amide bonds. The molecule has 1 aromatic rings. The van der Waals surface area contributed by atoms with Gasteiger partial charge in [0.05, 0.1) is 11.5 Å². The fraction of sp³-hybridized carbons (Fsp3) is 0.625. The second-order valence-electron chi connectivity index (χ2n) is 6.47. The van der Waals surface area contributed by atoms with E-state index in [0.717, 1.165) is 0 Å². The molecule has 0 bridgehead atoms. The summed E-state index contributed by atoms with van der Waals surface area (Å²) in [6.45, 7) is 9.77. The smallest absolute Gasteiger partial charge is 0.243 e. The maximum absolute atomic E-state index is 12.7. The Morgan fingerprint density at radius 3 is 2.23 bits per heavy atom. The van der Waals surface area contributed by atoms with E-state index in [-0.39, 0.29) is 12.1 Å². The molecule has 1 saturated heterocycles. The molecule has 0 aliphatic carbocycles. The van der Waals surface area contributed by atoms with Gasteiger partial charge in [0.1, 0.15) is 5.75 Å². The lowest BCUT2D eigenvalue weighted by molar-refractivity contribution is 0.262. The lowest BCUT2D eigenvalue weighted by atomic mass is 10.2. The number of hydrogen-bond acceptors (Lipinski definition) is 4. The summed E-state index contributed by atoms with van der Waals surface area (Å²) < 4.78 is 32.6. The van der Waals surface area contributed by atoms with Gasteiger partial charge < -0.3 is 10.1 Å². The maximum Gasteiger partial charge on any atom is 0.243 e. The molecule has 0 saturated carbocycles.